The van der Waals surface area contributed by atoms with Gasteiger partial charge < -0.3 is 15.2 Å². The molecule has 0 radical (unpaired) electrons. The molecule has 1 atom stereocenters. The molecular formula is C17H19N3O3. The number of carbonyl (C=O) groups excluding carboxylic acids is 2. The lowest BCUT2D eigenvalue weighted by Gasteiger charge is -2.16. The smallest absolute Gasteiger partial charge is 0.257 e. The fourth-order valence-corrected chi connectivity index (χ4v) is 2.86. The summed E-state index contributed by atoms with van der Waals surface area (Å²) in [5, 5.41) is 3.00. The van der Waals surface area contributed by atoms with Crippen molar-refractivity contribution >= 4 is 22.7 Å². The number of rotatable bonds is 3. The standard InChI is InChI=1S/C17H19N3O3/c1-11-6-7-20(10-11)15(21)9-19-17(23)13-8-18-14-5-3-2-4-12(14)16(13)22/h2-5,8,11H,6-7,9-10H2,1H3,(H,18,22)(H,19,23). The van der Waals surface area contributed by atoms with E-state index in [4.69, 9.17) is 0 Å². The molecule has 0 saturated carbocycles. The number of benzene rings is 1. The summed E-state index contributed by atoms with van der Waals surface area (Å²) in [5.74, 6) is -0.143. The highest BCUT2D eigenvalue weighted by Crippen LogP contribution is 2.14. The second-order valence-corrected chi connectivity index (χ2v) is 5.99. The normalized spacial score (nSPS) is 17.4. The van der Waals surface area contributed by atoms with Crippen LogP contribution in [-0.2, 0) is 4.79 Å². The molecule has 23 heavy (non-hydrogen) atoms. The number of fused-ring (bicyclic) bond motifs is 1. The van der Waals surface area contributed by atoms with E-state index in [1.54, 1.807) is 23.1 Å². The van der Waals surface area contributed by atoms with Crippen LogP contribution < -0.4 is 10.7 Å². The van der Waals surface area contributed by atoms with Gasteiger partial charge in [-0.25, -0.2) is 0 Å². The van der Waals surface area contributed by atoms with Crippen LogP contribution in [0.2, 0.25) is 0 Å². The molecule has 0 spiro atoms. The number of hydrogen-bond donors (Lipinski definition) is 2. The molecule has 1 aliphatic heterocycles. The highest BCUT2D eigenvalue weighted by atomic mass is 16.2. The van der Waals surface area contributed by atoms with E-state index in [1.165, 1.54) is 6.20 Å². The van der Waals surface area contributed by atoms with Gasteiger partial charge >= 0.3 is 0 Å². The number of pyridine rings is 1. The third-order valence-electron chi connectivity index (χ3n) is 4.21. The molecule has 1 fully saturated rings. The van der Waals surface area contributed by atoms with Gasteiger partial charge in [0.25, 0.3) is 5.91 Å². The maximum Gasteiger partial charge on any atom is 0.257 e. The molecule has 0 aliphatic carbocycles. The summed E-state index contributed by atoms with van der Waals surface area (Å²) < 4.78 is 0. The van der Waals surface area contributed by atoms with Crippen LogP contribution in [0.3, 0.4) is 0 Å². The molecule has 2 aromatic rings. The van der Waals surface area contributed by atoms with E-state index in [0.29, 0.717) is 16.8 Å². The second-order valence-electron chi connectivity index (χ2n) is 5.99. The Bertz CT molecular complexity index is 812. The molecule has 1 aliphatic rings. The molecular weight excluding hydrogens is 294 g/mol. The van der Waals surface area contributed by atoms with Gasteiger partial charge in [0.2, 0.25) is 11.3 Å². The lowest BCUT2D eigenvalue weighted by atomic mass is 10.1. The number of para-hydroxylation sites is 1. The van der Waals surface area contributed by atoms with Crippen molar-refractivity contribution in [3.8, 4) is 0 Å². The maximum atomic E-state index is 12.3. The Balaban J connectivity index is 1.70. The number of nitrogens with zero attached hydrogens (tertiary/aromatic N) is 1. The number of H-pyrrole nitrogens is 1. The van der Waals surface area contributed by atoms with E-state index < -0.39 is 5.91 Å². The molecule has 1 unspecified atom stereocenters. The van der Waals surface area contributed by atoms with Crippen LogP contribution in [0.1, 0.15) is 23.7 Å². The largest absolute Gasteiger partial charge is 0.360 e. The van der Waals surface area contributed by atoms with Gasteiger partial charge in [-0.3, -0.25) is 14.4 Å². The Hall–Kier alpha value is -2.63. The zero-order valence-electron chi connectivity index (χ0n) is 13.0. The predicted molar refractivity (Wildman–Crippen MR) is 87.3 cm³/mol. The summed E-state index contributed by atoms with van der Waals surface area (Å²) in [6.45, 7) is 3.47. The lowest BCUT2D eigenvalue weighted by molar-refractivity contribution is -0.129. The van der Waals surface area contributed by atoms with Gasteiger partial charge in [0.1, 0.15) is 5.56 Å². The number of aromatic amines is 1. The summed E-state index contributed by atoms with van der Waals surface area (Å²) in [4.78, 5) is 41.3. The fraction of sp³-hybridized carbons (Fsp3) is 0.353. The van der Waals surface area contributed by atoms with Crippen molar-refractivity contribution in [3.63, 3.8) is 0 Å². The predicted octanol–water partition coefficient (Wildman–Crippen LogP) is 1.13. The summed E-state index contributed by atoms with van der Waals surface area (Å²) in [6.07, 6.45) is 2.38. The molecule has 3 rings (SSSR count). The molecule has 0 bridgehead atoms. The third-order valence-corrected chi connectivity index (χ3v) is 4.21. The van der Waals surface area contributed by atoms with E-state index >= 15 is 0 Å². The third kappa shape index (κ3) is 3.11. The first-order valence-corrected chi connectivity index (χ1v) is 7.72. The van der Waals surface area contributed by atoms with Crippen molar-refractivity contribution in [2.45, 2.75) is 13.3 Å². The molecule has 2 amide bonds. The maximum absolute atomic E-state index is 12.3. The van der Waals surface area contributed by atoms with Gasteiger partial charge in [0.05, 0.1) is 6.54 Å². The Morgan fingerprint density at radius 1 is 1.35 bits per heavy atom. The minimum absolute atomic E-state index is 0.0197. The van der Waals surface area contributed by atoms with Crippen LogP contribution in [0.5, 0.6) is 0 Å². The van der Waals surface area contributed by atoms with E-state index in [-0.39, 0.29) is 23.4 Å². The molecule has 1 aromatic carbocycles. The highest BCUT2D eigenvalue weighted by molar-refractivity contribution is 5.98. The van der Waals surface area contributed by atoms with Gasteiger partial charge in [-0.05, 0) is 24.5 Å². The Kier molecular flexibility index (Phi) is 4.14. The molecule has 1 saturated heterocycles. The van der Waals surface area contributed by atoms with E-state index in [1.807, 2.05) is 6.07 Å². The zero-order valence-corrected chi connectivity index (χ0v) is 13.0. The number of aromatic nitrogens is 1. The minimum atomic E-state index is -0.530. The average molecular weight is 313 g/mol. The number of nitrogens with one attached hydrogen (secondary N) is 2. The summed E-state index contributed by atoms with van der Waals surface area (Å²) in [7, 11) is 0. The first-order chi connectivity index (χ1) is 11.1. The van der Waals surface area contributed by atoms with Gasteiger partial charge in [-0.2, -0.15) is 0 Å². The van der Waals surface area contributed by atoms with Crippen LogP contribution in [0.15, 0.2) is 35.3 Å². The van der Waals surface area contributed by atoms with Crippen molar-refractivity contribution < 1.29 is 9.59 Å². The number of likely N-dealkylation sites (tertiary alicyclic amines) is 1. The van der Waals surface area contributed by atoms with Crippen molar-refractivity contribution in [1.29, 1.82) is 0 Å². The van der Waals surface area contributed by atoms with Crippen molar-refractivity contribution in [2.75, 3.05) is 19.6 Å². The SMILES string of the molecule is CC1CCN(C(=O)CNC(=O)c2c[nH]c3ccccc3c2=O)C1. The molecule has 120 valence electrons. The number of hydrogen-bond acceptors (Lipinski definition) is 3. The van der Waals surface area contributed by atoms with Gasteiger partial charge in [-0.1, -0.05) is 19.1 Å². The van der Waals surface area contributed by atoms with Gasteiger partial charge in [-0.15, -0.1) is 0 Å². The highest BCUT2D eigenvalue weighted by Gasteiger charge is 2.23. The summed E-state index contributed by atoms with van der Waals surface area (Å²) in [6, 6.07) is 7.00. The fourth-order valence-electron chi connectivity index (χ4n) is 2.86. The van der Waals surface area contributed by atoms with Crippen molar-refractivity contribution in [1.82, 2.24) is 15.2 Å². The van der Waals surface area contributed by atoms with Crippen molar-refractivity contribution in [2.24, 2.45) is 5.92 Å². The van der Waals surface area contributed by atoms with Crippen LogP contribution in [0, 0.1) is 5.92 Å². The van der Waals surface area contributed by atoms with Crippen LogP contribution in [0.4, 0.5) is 0 Å². The van der Waals surface area contributed by atoms with E-state index in [0.717, 1.165) is 19.5 Å². The molecule has 6 nitrogen and oxygen atoms in total. The number of amides is 2. The van der Waals surface area contributed by atoms with Gasteiger partial charge in [0, 0.05) is 30.2 Å². The Morgan fingerprint density at radius 2 is 2.13 bits per heavy atom. The molecule has 1 aromatic heterocycles. The molecule has 2 N–H and O–H groups in total. The summed E-state index contributed by atoms with van der Waals surface area (Å²) in [5.41, 5.74) is 0.363. The Morgan fingerprint density at radius 3 is 2.87 bits per heavy atom. The van der Waals surface area contributed by atoms with Crippen LogP contribution in [-0.4, -0.2) is 41.3 Å². The second kappa shape index (κ2) is 6.24. The minimum Gasteiger partial charge on any atom is -0.360 e. The first kappa shape index (κ1) is 15.3. The summed E-state index contributed by atoms with van der Waals surface area (Å²) >= 11 is 0. The number of carbonyl (C=O) groups is 2. The topological polar surface area (TPSA) is 82.3 Å². The molecule has 6 heteroatoms. The van der Waals surface area contributed by atoms with Crippen LogP contribution in [0.25, 0.3) is 10.9 Å². The van der Waals surface area contributed by atoms with E-state index in [2.05, 4.69) is 17.2 Å². The quantitative estimate of drug-likeness (QED) is 0.891. The van der Waals surface area contributed by atoms with Gasteiger partial charge in [0.15, 0.2) is 0 Å². The first-order valence-electron chi connectivity index (χ1n) is 7.72. The van der Waals surface area contributed by atoms with Crippen molar-refractivity contribution in [3.05, 3.63) is 46.2 Å². The zero-order chi connectivity index (χ0) is 16.4. The monoisotopic (exact) mass is 313 g/mol. The Labute approximate surface area is 133 Å². The van der Waals surface area contributed by atoms with E-state index in [9.17, 15) is 14.4 Å². The molecule has 2 heterocycles. The van der Waals surface area contributed by atoms with Crippen LogP contribution >= 0.6 is 0 Å². The lowest BCUT2D eigenvalue weighted by Crippen LogP contribution is -2.40. The average Bonchev–Trinajstić information content (AvgIpc) is 2.99.